The van der Waals surface area contributed by atoms with Crippen molar-refractivity contribution in [3.05, 3.63) is 42.4 Å². The van der Waals surface area contributed by atoms with Gasteiger partial charge in [-0.1, -0.05) is 0 Å². The lowest BCUT2D eigenvalue weighted by atomic mass is 9.61. The molecule has 0 aromatic carbocycles. The fourth-order valence-electron chi connectivity index (χ4n) is 5.20. The highest BCUT2D eigenvalue weighted by Crippen LogP contribution is 2.47. The Morgan fingerprint density at radius 3 is 2.67 bits per heavy atom. The molecule has 1 unspecified atom stereocenters. The van der Waals surface area contributed by atoms with Gasteiger partial charge >= 0.3 is 5.97 Å². The molecule has 3 fully saturated rings. The summed E-state index contributed by atoms with van der Waals surface area (Å²) in [6.45, 7) is 0. The zero-order valence-electron chi connectivity index (χ0n) is 16.5. The van der Waals surface area contributed by atoms with E-state index in [4.69, 9.17) is 4.74 Å². The molecular weight excluding hydrogens is 390 g/mol. The van der Waals surface area contributed by atoms with Crippen LogP contribution in [0.5, 0.6) is 0 Å². The van der Waals surface area contributed by atoms with Crippen LogP contribution in [0.2, 0.25) is 0 Å². The van der Waals surface area contributed by atoms with Gasteiger partial charge in [-0.2, -0.15) is 0 Å². The van der Waals surface area contributed by atoms with E-state index >= 15 is 0 Å². The van der Waals surface area contributed by atoms with Crippen molar-refractivity contribution in [2.45, 2.75) is 31.7 Å². The SMILES string of the molecule is COC(=O)C1C2CCC(CC2)[C@@H]1Nc1cc(-c2c[nH]c3ncc(F)cc23)ncc1F. The van der Waals surface area contributed by atoms with Crippen LogP contribution < -0.4 is 5.32 Å². The number of hydrogen-bond donors (Lipinski definition) is 2. The third kappa shape index (κ3) is 3.11. The van der Waals surface area contributed by atoms with E-state index in [1.165, 1.54) is 13.2 Å². The molecule has 2 N–H and O–H groups in total. The maximum absolute atomic E-state index is 14.7. The number of esters is 1. The molecule has 2 bridgehead atoms. The second kappa shape index (κ2) is 7.34. The standard InChI is InChI=1S/C22H22F2N4O2/c1-30-22(29)19-11-2-4-12(5-3-11)20(19)28-18-7-17(25-10-16(18)24)15-9-27-21-14(15)6-13(23)8-26-21/h6-12,19-20H,2-5H2,1H3,(H,25,28)(H,26,27)/t11?,12?,19?,20-/m0/s1. The molecule has 3 heterocycles. The number of fused-ring (bicyclic) bond motifs is 4. The zero-order chi connectivity index (χ0) is 20.8. The number of anilines is 1. The average Bonchev–Trinajstić information content (AvgIpc) is 3.18. The Morgan fingerprint density at radius 2 is 1.90 bits per heavy atom. The number of aromatic nitrogens is 3. The average molecular weight is 412 g/mol. The topological polar surface area (TPSA) is 79.9 Å². The fraction of sp³-hybridized carbons (Fsp3) is 0.409. The first kappa shape index (κ1) is 19.0. The van der Waals surface area contributed by atoms with Crippen molar-refractivity contribution in [3.63, 3.8) is 0 Å². The first-order chi connectivity index (χ1) is 14.5. The number of pyridine rings is 2. The van der Waals surface area contributed by atoms with Gasteiger partial charge in [0.05, 0.1) is 36.8 Å². The number of halogens is 2. The molecule has 0 radical (unpaired) electrons. The number of carbonyl (C=O) groups excluding carboxylic acids is 1. The summed E-state index contributed by atoms with van der Waals surface area (Å²) in [5.41, 5.74) is 1.94. The highest BCUT2D eigenvalue weighted by Gasteiger charge is 2.47. The van der Waals surface area contributed by atoms with E-state index in [0.717, 1.165) is 38.1 Å². The Labute approximate surface area is 172 Å². The van der Waals surface area contributed by atoms with Crippen LogP contribution in [0.1, 0.15) is 25.7 Å². The lowest BCUT2D eigenvalue weighted by molar-refractivity contribution is -0.152. The van der Waals surface area contributed by atoms with Crippen molar-refractivity contribution in [1.29, 1.82) is 0 Å². The molecule has 6 rings (SSSR count). The number of carbonyl (C=O) groups is 1. The van der Waals surface area contributed by atoms with Crippen LogP contribution in [-0.4, -0.2) is 34.1 Å². The van der Waals surface area contributed by atoms with Crippen LogP contribution in [-0.2, 0) is 9.53 Å². The smallest absolute Gasteiger partial charge is 0.311 e. The zero-order valence-corrected chi connectivity index (χ0v) is 16.5. The molecule has 0 amide bonds. The Kier molecular flexibility index (Phi) is 4.64. The van der Waals surface area contributed by atoms with E-state index in [2.05, 4.69) is 20.3 Å². The predicted molar refractivity (Wildman–Crippen MR) is 108 cm³/mol. The van der Waals surface area contributed by atoms with Crippen LogP contribution in [0.3, 0.4) is 0 Å². The van der Waals surface area contributed by atoms with Crippen LogP contribution in [0.25, 0.3) is 22.3 Å². The van der Waals surface area contributed by atoms with Gasteiger partial charge in [0.25, 0.3) is 0 Å². The minimum absolute atomic E-state index is 0.184. The summed E-state index contributed by atoms with van der Waals surface area (Å²) in [6, 6.07) is 2.80. The van der Waals surface area contributed by atoms with Crippen molar-refractivity contribution >= 4 is 22.7 Å². The quantitative estimate of drug-likeness (QED) is 0.625. The van der Waals surface area contributed by atoms with Gasteiger partial charge < -0.3 is 15.0 Å². The van der Waals surface area contributed by atoms with Gasteiger partial charge in [0, 0.05) is 23.2 Å². The largest absolute Gasteiger partial charge is 0.469 e. The highest BCUT2D eigenvalue weighted by molar-refractivity contribution is 5.93. The number of rotatable bonds is 4. The molecule has 3 aliphatic rings. The first-order valence-corrected chi connectivity index (χ1v) is 10.2. The molecule has 2 atom stereocenters. The Hall–Kier alpha value is -3.03. The number of ether oxygens (including phenoxy) is 1. The number of hydrogen-bond acceptors (Lipinski definition) is 5. The number of aromatic amines is 1. The minimum Gasteiger partial charge on any atom is -0.469 e. The van der Waals surface area contributed by atoms with E-state index in [9.17, 15) is 13.6 Å². The molecule has 30 heavy (non-hydrogen) atoms. The number of methoxy groups -OCH3 is 1. The van der Waals surface area contributed by atoms with Crippen molar-refractivity contribution in [3.8, 4) is 11.3 Å². The molecular formula is C22H22F2N4O2. The molecule has 156 valence electrons. The lowest BCUT2D eigenvalue weighted by Gasteiger charge is -2.47. The van der Waals surface area contributed by atoms with Crippen molar-refractivity contribution in [2.24, 2.45) is 17.8 Å². The highest BCUT2D eigenvalue weighted by atomic mass is 19.1. The molecule has 8 heteroatoms. The van der Waals surface area contributed by atoms with Crippen LogP contribution in [0.4, 0.5) is 14.5 Å². The summed E-state index contributed by atoms with van der Waals surface area (Å²) in [5, 5.41) is 3.87. The second-order valence-corrected chi connectivity index (χ2v) is 8.20. The summed E-state index contributed by atoms with van der Waals surface area (Å²) in [4.78, 5) is 23.7. The van der Waals surface area contributed by atoms with Gasteiger partial charge in [0.15, 0.2) is 5.82 Å². The molecule has 0 aliphatic heterocycles. The van der Waals surface area contributed by atoms with Crippen molar-refractivity contribution < 1.29 is 18.3 Å². The molecule has 3 saturated carbocycles. The van der Waals surface area contributed by atoms with E-state index < -0.39 is 11.6 Å². The molecule has 0 spiro atoms. The third-order valence-electron chi connectivity index (χ3n) is 6.64. The first-order valence-electron chi connectivity index (χ1n) is 10.2. The Morgan fingerprint density at radius 1 is 1.13 bits per heavy atom. The van der Waals surface area contributed by atoms with Crippen LogP contribution >= 0.6 is 0 Å². The fourth-order valence-corrected chi connectivity index (χ4v) is 5.20. The van der Waals surface area contributed by atoms with Crippen molar-refractivity contribution in [2.75, 3.05) is 12.4 Å². The molecule has 3 aromatic heterocycles. The maximum Gasteiger partial charge on any atom is 0.311 e. The molecule has 6 nitrogen and oxygen atoms in total. The summed E-state index contributed by atoms with van der Waals surface area (Å²) in [6.07, 6.45) is 8.00. The lowest BCUT2D eigenvalue weighted by Crippen LogP contribution is -2.51. The maximum atomic E-state index is 14.7. The van der Waals surface area contributed by atoms with Gasteiger partial charge in [-0.05, 0) is 49.7 Å². The summed E-state index contributed by atoms with van der Waals surface area (Å²) in [7, 11) is 1.40. The van der Waals surface area contributed by atoms with Crippen LogP contribution in [0.15, 0.2) is 30.7 Å². The van der Waals surface area contributed by atoms with Crippen LogP contribution in [0, 0.1) is 29.4 Å². The number of nitrogens with one attached hydrogen (secondary N) is 2. The minimum atomic E-state index is -0.493. The van der Waals surface area contributed by atoms with E-state index in [1.54, 1.807) is 12.3 Å². The Bertz CT molecular complexity index is 1110. The van der Waals surface area contributed by atoms with Gasteiger partial charge in [0.2, 0.25) is 0 Å². The molecule has 0 saturated heterocycles. The number of nitrogens with zero attached hydrogens (tertiary/aromatic N) is 2. The monoisotopic (exact) mass is 412 g/mol. The van der Waals surface area contributed by atoms with E-state index in [-0.39, 0.29) is 29.5 Å². The third-order valence-corrected chi connectivity index (χ3v) is 6.64. The molecule has 3 aromatic rings. The van der Waals surface area contributed by atoms with Gasteiger partial charge in [-0.3, -0.25) is 9.78 Å². The van der Waals surface area contributed by atoms with E-state index in [1.807, 2.05) is 0 Å². The summed E-state index contributed by atoms with van der Waals surface area (Å²) >= 11 is 0. The van der Waals surface area contributed by atoms with Gasteiger partial charge in [-0.15, -0.1) is 0 Å². The number of H-pyrrole nitrogens is 1. The summed E-state index contributed by atoms with van der Waals surface area (Å²) in [5.74, 6) is -0.927. The van der Waals surface area contributed by atoms with E-state index in [0.29, 0.717) is 28.2 Å². The van der Waals surface area contributed by atoms with Gasteiger partial charge in [0.1, 0.15) is 11.5 Å². The van der Waals surface area contributed by atoms with Gasteiger partial charge in [-0.25, -0.2) is 13.8 Å². The normalized spacial score (nSPS) is 25.4. The van der Waals surface area contributed by atoms with Crippen molar-refractivity contribution in [1.82, 2.24) is 15.0 Å². The summed E-state index contributed by atoms with van der Waals surface area (Å²) < 4.78 is 33.4. The molecule has 3 aliphatic carbocycles. The predicted octanol–water partition coefficient (Wildman–Crippen LogP) is 4.29. The Balaban J connectivity index is 1.50. The second-order valence-electron chi connectivity index (χ2n) is 8.20.